The highest BCUT2D eigenvalue weighted by Gasteiger charge is 2.42. The lowest BCUT2D eigenvalue weighted by molar-refractivity contribution is -0.120. The summed E-state index contributed by atoms with van der Waals surface area (Å²) < 4.78 is 25.4. The molecular formula is C19H25N3O3S. The van der Waals surface area contributed by atoms with E-state index in [1.54, 1.807) is 18.2 Å². The Morgan fingerprint density at radius 2 is 2.15 bits per heavy atom. The molecule has 2 bridgehead atoms. The lowest BCUT2D eigenvalue weighted by atomic mass is 9.84. The molecule has 140 valence electrons. The highest BCUT2D eigenvalue weighted by atomic mass is 32.2. The maximum absolute atomic E-state index is 12.5. The van der Waals surface area contributed by atoms with Crippen LogP contribution in [0.1, 0.15) is 38.2 Å². The van der Waals surface area contributed by atoms with Crippen molar-refractivity contribution >= 4 is 21.6 Å². The number of hydrogen-bond donors (Lipinski definition) is 1. The summed E-state index contributed by atoms with van der Waals surface area (Å²) in [6.07, 6.45) is 6.04. The molecule has 1 N–H and O–H groups in total. The summed E-state index contributed by atoms with van der Waals surface area (Å²) in [5, 5.41) is 12.0. The third-order valence-electron chi connectivity index (χ3n) is 5.77. The number of nitrogens with zero attached hydrogens (tertiary/aromatic N) is 2. The smallest absolute Gasteiger partial charge is 0.240 e. The largest absolute Gasteiger partial charge is 0.352 e. The maximum Gasteiger partial charge on any atom is 0.240 e. The summed E-state index contributed by atoms with van der Waals surface area (Å²) in [4.78, 5) is 12.5. The van der Waals surface area contributed by atoms with Crippen molar-refractivity contribution in [3.63, 3.8) is 0 Å². The van der Waals surface area contributed by atoms with E-state index >= 15 is 0 Å². The first-order valence-electron chi connectivity index (χ1n) is 9.05. The van der Waals surface area contributed by atoms with Crippen LogP contribution in [0.2, 0.25) is 0 Å². The number of amides is 1. The molecule has 26 heavy (non-hydrogen) atoms. The molecule has 0 heterocycles. The fourth-order valence-electron chi connectivity index (χ4n) is 4.57. The third kappa shape index (κ3) is 4.01. The molecule has 1 aromatic carbocycles. The second-order valence-electron chi connectivity index (χ2n) is 7.63. The van der Waals surface area contributed by atoms with Crippen molar-refractivity contribution < 1.29 is 13.2 Å². The van der Waals surface area contributed by atoms with Crippen molar-refractivity contribution in [3.05, 3.63) is 29.8 Å². The minimum atomic E-state index is -3.64. The van der Waals surface area contributed by atoms with Crippen LogP contribution in [0.5, 0.6) is 0 Å². The third-order valence-corrected chi connectivity index (χ3v) is 6.92. The summed E-state index contributed by atoms with van der Waals surface area (Å²) in [5.74, 6) is 1.67. The van der Waals surface area contributed by atoms with Gasteiger partial charge in [0.25, 0.3) is 0 Å². The number of benzene rings is 1. The lowest BCUT2D eigenvalue weighted by Gasteiger charge is -2.29. The fourth-order valence-corrected chi connectivity index (χ4v) is 5.42. The number of carbonyl (C=O) groups is 1. The lowest BCUT2D eigenvalue weighted by Crippen LogP contribution is -2.46. The van der Waals surface area contributed by atoms with Gasteiger partial charge in [0.05, 0.1) is 23.6 Å². The SMILES string of the molecule is C[C@H](NC(=O)CN(c1cccc(C#N)c1)S(C)(=O)=O)[C@H]1C[C@@H]2CC[C@@H]1C2. The normalized spacial score (nSPS) is 25.5. The molecular weight excluding hydrogens is 350 g/mol. The Morgan fingerprint density at radius 1 is 1.38 bits per heavy atom. The van der Waals surface area contributed by atoms with Crippen molar-refractivity contribution in [2.45, 2.75) is 38.6 Å². The van der Waals surface area contributed by atoms with E-state index in [1.807, 2.05) is 13.0 Å². The van der Waals surface area contributed by atoms with Gasteiger partial charge in [0, 0.05) is 6.04 Å². The minimum Gasteiger partial charge on any atom is -0.352 e. The van der Waals surface area contributed by atoms with Gasteiger partial charge >= 0.3 is 0 Å². The Labute approximate surface area is 155 Å². The van der Waals surface area contributed by atoms with Crippen LogP contribution in [0.15, 0.2) is 24.3 Å². The second-order valence-corrected chi connectivity index (χ2v) is 9.53. The highest BCUT2D eigenvalue weighted by Crippen LogP contribution is 2.49. The number of rotatable bonds is 6. The molecule has 6 nitrogen and oxygen atoms in total. The Bertz CT molecular complexity index is 831. The first-order chi connectivity index (χ1) is 12.3. The zero-order valence-electron chi connectivity index (χ0n) is 15.2. The summed E-state index contributed by atoms with van der Waals surface area (Å²) in [6.45, 7) is 1.74. The predicted molar refractivity (Wildman–Crippen MR) is 99.9 cm³/mol. The number of sulfonamides is 1. The number of nitriles is 1. The Hall–Kier alpha value is -2.07. The second kappa shape index (κ2) is 7.28. The van der Waals surface area contributed by atoms with Gasteiger partial charge < -0.3 is 5.32 Å². The van der Waals surface area contributed by atoms with E-state index in [0.29, 0.717) is 23.1 Å². The van der Waals surface area contributed by atoms with Crippen LogP contribution in [0.3, 0.4) is 0 Å². The van der Waals surface area contributed by atoms with Gasteiger partial charge in [0.1, 0.15) is 6.54 Å². The molecule has 1 amide bonds. The Morgan fingerprint density at radius 3 is 2.73 bits per heavy atom. The minimum absolute atomic E-state index is 0.0460. The fraction of sp³-hybridized carbons (Fsp3) is 0.579. The zero-order chi connectivity index (χ0) is 18.9. The average molecular weight is 375 g/mol. The summed E-state index contributed by atoms with van der Waals surface area (Å²) in [6, 6.07) is 8.32. The van der Waals surface area contributed by atoms with E-state index in [2.05, 4.69) is 5.32 Å². The van der Waals surface area contributed by atoms with E-state index < -0.39 is 10.0 Å². The van der Waals surface area contributed by atoms with Crippen LogP contribution in [-0.2, 0) is 14.8 Å². The van der Waals surface area contributed by atoms with Crippen molar-refractivity contribution in [2.75, 3.05) is 17.1 Å². The molecule has 4 atom stereocenters. The molecule has 2 saturated carbocycles. The molecule has 0 saturated heterocycles. The van der Waals surface area contributed by atoms with E-state index in [0.717, 1.165) is 22.9 Å². The molecule has 7 heteroatoms. The standard InChI is InChI=1S/C19H25N3O3S/c1-13(18-10-14-6-7-16(18)8-14)21-19(23)12-22(26(2,24)25)17-5-3-4-15(9-17)11-20/h3-5,9,13-14,16,18H,6-8,10,12H2,1-2H3,(H,21,23)/t13-,14+,16+,18+/m0/s1. The first kappa shape index (κ1) is 18.7. The van der Waals surface area contributed by atoms with Crippen molar-refractivity contribution in [1.82, 2.24) is 5.32 Å². The summed E-state index contributed by atoms with van der Waals surface area (Å²) >= 11 is 0. The molecule has 3 rings (SSSR count). The van der Waals surface area contributed by atoms with E-state index in [-0.39, 0.29) is 18.5 Å². The van der Waals surface area contributed by atoms with Gasteiger partial charge in [-0.1, -0.05) is 12.5 Å². The topological polar surface area (TPSA) is 90.3 Å². The molecule has 0 radical (unpaired) electrons. The highest BCUT2D eigenvalue weighted by molar-refractivity contribution is 7.92. The van der Waals surface area contributed by atoms with E-state index in [4.69, 9.17) is 5.26 Å². The van der Waals surface area contributed by atoms with Crippen molar-refractivity contribution in [1.29, 1.82) is 5.26 Å². The predicted octanol–water partition coefficient (Wildman–Crippen LogP) is 2.27. The average Bonchev–Trinajstić information content (AvgIpc) is 3.22. The number of hydrogen-bond acceptors (Lipinski definition) is 4. The molecule has 0 aliphatic heterocycles. The summed E-state index contributed by atoms with van der Waals surface area (Å²) in [5.41, 5.74) is 0.682. The Kier molecular flexibility index (Phi) is 5.24. The van der Waals surface area contributed by atoms with Gasteiger partial charge in [-0.15, -0.1) is 0 Å². The van der Waals surface area contributed by atoms with Crippen LogP contribution < -0.4 is 9.62 Å². The number of anilines is 1. The molecule has 2 aliphatic carbocycles. The van der Waals surface area contributed by atoms with E-state index in [1.165, 1.54) is 25.3 Å². The Balaban J connectivity index is 1.69. The molecule has 2 aliphatic rings. The number of carbonyl (C=O) groups excluding carboxylic acids is 1. The molecule has 1 aromatic rings. The van der Waals surface area contributed by atoms with Crippen LogP contribution in [0.4, 0.5) is 5.69 Å². The van der Waals surface area contributed by atoms with Gasteiger partial charge in [0.2, 0.25) is 15.9 Å². The van der Waals surface area contributed by atoms with Gasteiger partial charge in [-0.05, 0) is 62.1 Å². The van der Waals surface area contributed by atoms with Crippen molar-refractivity contribution in [3.8, 4) is 6.07 Å². The van der Waals surface area contributed by atoms with Crippen LogP contribution in [0, 0.1) is 29.1 Å². The summed E-state index contributed by atoms with van der Waals surface area (Å²) in [7, 11) is -3.64. The van der Waals surface area contributed by atoms with Gasteiger partial charge in [-0.2, -0.15) is 5.26 Å². The molecule has 0 spiro atoms. The number of fused-ring (bicyclic) bond motifs is 2. The van der Waals surface area contributed by atoms with Crippen LogP contribution in [0.25, 0.3) is 0 Å². The molecule has 0 unspecified atom stereocenters. The molecule has 2 fully saturated rings. The quantitative estimate of drug-likeness (QED) is 0.826. The van der Waals surface area contributed by atoms with Crippen LogP contribution >= 0.6 is 0 Å². The van der Waals surface area contributed by atoms with Gasteiger partial charge in [-0.3, -0.25) is 9.10 Å². The first-order valence-corrected chi connectivity index (χ1v) is 10.9. The van der Waals surface area contributed by atoms with Crippen molar-refractivity contribution in [2.24, 2.45) is 17.8 Å². The molecule has 0 aromatic heterocycles. The zero-order valence-corrected chi connectivity index (χ0v) is 16.0. The monoisotopic (exact) mass is 375 g/mol. The maximum atomic E-state index is 12.5. The van der Waals surface area contributed by atoms with Gasteiger partial charge in [0.15, 0.2) is 0 Å². The van der Waals surface area contributed by atoms with Gasteiger partial charge in [-0.25, -0.2) is 8.42 Å². The van der Waals surface area contributed by atoms with E-state index in [9.17, 15) is 13.2 Å². The number of nitrogens with one attached hydrogen (secondary N) is 1. The van der Waals surface area contributed by atoms with Crippen LogP contribution in [-0.4, -0.2) is 33.2 Å².